The topological polar surface area (TPSA) is 26.3 Å². The summed E-state index contributed by atoms with van der Waals surface area (Å²) < 4.78 is 5.54. The van der Waals surface area contributed by atoms with Crippen LogP contribution in [-0.4, -0.2) is 19.0 Å². The van der Waals surface area contributed by atoms with Crippen LogP contribution in [-0.2, 0) is 9.53 Å². The zero-order valence-corrected chi connectivity index (χ0v) is 9.71. The minimum absolute atomic E-state index is 0.431. The Labute approximate surface area is 92.4 Å². The van der Waals surface area contributed by atoms with Crippen LogP contribution in [0.2, 0.25) is 0 Å². The maximum atomic E-state index is 11.6. The van der Waals surface area contributed by atoms with Gasteiger partial charge in [-0.05, 0) is 37.5 Å². The molecule has 2 nitrogen and oxygen atoms in total. The predicted octanol–water partition coefficient (Wildman–Crippen LogP) is 2.95. The normalized spacial score (nSPS) is 37.9. The van der Waals surface area contributed by atoms with Crippen LogP contribution in [0.3, 0.4) is 0 Å². The Hall–Kier alpha value is -0.370. The van der Waals surface area contributed by atoms with Crippen LogP contribution < -0.4 is 0 Å². The number of carbonyl (C=O) groups excluding carboxylic acids is 1. The Morgan fingerprint density at radius 1 is 1.13 bits per heavy atom. The van der Waals surface area contributed by atoms with Crippen molar-refractivity contribution in [2.45, 2.75) is 57.5 Å². The first-order valence-electron chi connectivity index (χ1n) is 6.35. The Bertz CT molecular complexity index is 225. The summed E-state index contributed by atoms with van der Waals surface area (Å²) >= 11 is 0. The number of methoxy groups -OCH3 is 1. The van der Waals surface area contributed by atoms with E-state index in [4.69, 9.17) is 4.74 Å². The maximum absolute atomic E-state index is 11.6. The molecule has 2 saturated carbocycles. The van der Waals surface area contributed by atoms with Crippen LogP contribution >= 0.6 is 0 Å². The molecule has 0 spiro atoms. The molecule has 0 bridgehead atoms. The van der Waals surface area contributed by atoms with Crippen LogP contribution in [0.1, 0.15) is 51.4 Å². The zero-order valence-electron chi connectivity index (χ0n) is 9.71. The molecule has 0 aliphatic heterocycles. The standard InChI is InChI=1S/C13H22O2/c1-15-13-8-4-7-12(13)10-5-2-3-6-11(14)9-10/h10,12-13H,2-9H2,1H3. The molecule has 0 aromatic carbocycles. The second kappa shape index (κ2) is 5.11. The van der Waals surface area contributed by atoms with Gasteiger partial charge in [0.05, 0.1) is 6.10 Å². The fourth-order valence-electron chi connectivity index (χ4n) is 3.38. The predicted molar refractivity (Wildman–Crippen MR) is 59.7 cm³/mol. The summed E-state index contributed by atoms with van der Waals surface area (Å²) in [5.41, 5.74) is 0. The summed E-state index contributed by atoms with van der Waals surface area (Å²) in [7, 11) is 1.82. The number of hydrogen-bond acceptors (Lipinski definition) is 2. The van der Waals surface area contributed by atoms with Gasteiger partial charge in [0, 0.05) is 20.0 Å². The van der Waals surface area contributed by atoms with Gasteiger partial charge in [-0.3, -0.25) is 4.79 Å². The van der Waals surface area contributed by atoms with Crippen molar-refractivity contribution >= 4 is 5.78 Å². The quantitative estimate of drug-likeness (QED) is 0.655. The monoisotopic (exact) mass is 210 g/mol. The lowest BCUT2D eigenvalue weighted by Gasteiger charge is -2.26. The van der Waals surface area contributed by atoms with Gasteiger partial charge in [-0.15, -0.1) is 0 Å². The molecule has 2 fully saturated rings. The highest BCUT2D eigenvalue weighted by molar-refractivity contribution is 5.78. The van der Waals surface area contributed by atoms with Gasteiger partial charge in [-0.2, -0.15) is 0 Å². The number of hydrogen-bond donors (Lipinski definition) is 0. The van der Waals surface area contributed by atoms with Crippen molar-refractivity contribution < 1.29 is 9.53 Å². The number of carbonyl (C=O) groups is 1. The average Bonchev–Trinajstić information content (AvgIpc) is 2.61. The van der Waals surface area contributed by atoms with Gasteiger partial charge in [-0.1, -0.05) is 12.8 Å². The van der Waals surface area contributed by atoms with E-state index in [9.17, 15) is 4.79 Å². The van der Waals surface area contributed by atoms with Gasteiger partial charge >= 0.3 is 0 Å². The van der Waals surface area contributed by atoms with Crippen LogP contribution in [0.15, 0.2) is 0 Å². The zero-order chi connectivity index (χ0) is 10.7. The molecule has 0 heterocycles. The summed E-state index contributed by atoms with van der Waals surface area (Å²) in [6, 6.07) is 0. The minimum atomic E-state index is 0.431. The molecule has 2 aliphatic carbocycles. The molecule has 3 unspecified atom stereocenters. The Morgan fingerprint density at radius 3 is 2.80 bits per heavy atom. The van der Waals surface area contributed by atoms with Crippen molar-refractivity contribution in [1.82, 2.24) is 0 Å². The molecular formula is C13H22O2. The highest BCUT2D eigenvalue weighted by atomic mass is 16.5. The lowest BCUT2D eigenvalue weighted by atomic mass is 9.83. The first kappa shape index (κ1) is 11.1. The number of rotatable bonds is 2. The summed E-state index contributed by atoms with van der Waals surface area (Å²) in [5.74, 6) is 1.77. The summed E-state index contributed by atoms with van der Waals surface area (Å²) in [6.07, 6.45) is 9.43. The summed E-state index contributed by atoms with van der Waals surface area (Å²) in [5, 5.41) is 0. The molecule has 2 heteroatoms. The van der Waals surface area contributed by atoms with Gasteiger partial charge in [-0.25, -0.2) is 0 Å². The molecule has 0 aromatic rings. The maximum Gasteiger partial charge on any atom is 0.133 e. The van der Waals surface area contributed by atoms with E-state index in [0.29, 0.717) is 23.7 Å². The second-order valence-electron chi connectivity index (χ2n) is 5.12. The molecule has 2 rings (SSSR count). The third-order valence-electron chi connectivity index (χ3n) is 4.18. The molecule has 2 aliphatic rings. The first-order chi connectivity index (χ1) is 7.31. The van der Waals surface area contributed by atoms with Gasteiger partial charge in [0.15, 0.2) is 0 Å². The van der Waals surface area contributed by atoms with Crippen molar-refractivity contribution in [1.29, 1.82) is 0 Å². The SMILES string of the molecule is COC1CCCC1C1CCCCC(=O)C1. The summed E-state index contributed by atoms with van der Waals surface area (Å²) in [4.78, 5) is 11.6. The molecule has 0 radical (unpaired) electrons. The molecule has 0 N–H and O–H groups in total. The van der Waals surface area contributed by atoms with E-state index in [1.165, 1.54) is 32.1 Å². The first-order valence-corrected chi connectivity index (χ1v) is 6.35. The van der Waals surface area contributed by atoms with Crippen molar-refractivity contribution in [3.63, 3.8) is 0 Å². The lowest BCUT2D eigenvalue weighted by Crippen LogP contribution is -2.25. The van der Waals surface area contributed by atoms with Crippen molar-refractivity contribution in [3.8, 4) is 0 Å². The smallest absolute Gasteiger partial charge is 0.133 e. The van der Waals surface area contributed by atoms with Gasteiger partial charge in [0.25, 0.3) is 0 Å². The Kier molecular flexibility index (Phi) is 3.79. The van der Waals surface area contributed by atoms with Crippen LogP contribution in [0.4, 0.5) is 0 Å². The van der Waals surface area contributed by atoms with Crippen LogP contribution in [0, 0.1) is 11.8 Å². The van der Waals surface area contributed by atoms with E-state index in [1.807, 2.05) is 7.11 Å². The molecule has 0 saturated heterocycles. The van der Waals surface area contributed by atoms with Crippen molar-refractivity contribution in [2.75, 3.05) is 7.11 Å². The number of ketones is 1. The highest BCUT2D eigenvalue weighted by Crippen LogP contribution is 2.39. The largest absolute Gasteiger partial charge is 0.381 e. The molecular weight excluding hydrogens is 188 g/mol. The molecule has 15 heavy (non-hydrogen) atoms. The van der Waals surface area contributed by atoms with E-state index in [-0.39, 0.29) is 0 Å². The van der Waals surface area contributed by atoms with Crippen LogP contribution in [0.5, 0.6) is 0 Å². The third kappa shape index (κ3) is 2.60. The fourth-order valence-corrected chi connectivity index (χ4v) is 3.38. The van der Waals surface area contributed by atoms with Crippen LogP contribution in [0.25, 0.3) is 0 Å². The van der Waals surface area contributed by atoms with E-state index in [2.05, 4.69) is 0 Å². The Balaban J connectivity index is 1.98. The molecule has 0 aromatic heterocycles. The van der Waals surface area contributed by atoms with E-state index < -0.39 is 0 Å². The molecule has 86 valence electrons. The third-order valence-corrected chi connectivity index (χ3v) is 4.18. The highest BCUT2D eigenvalue weighted by Gasteiger charge is 2.35. The summed E-state index contributed by atoms with van der Waals surface area (Å²) in [6.45, 7) is 0. The van der Waals surface area contributed by atoms with Crippen molar-refractivity contribution in [3.05, 3.63) is 0 Å². The van der Waals surface area contributed by atoms with Gasteiger partial charge in [0.1, 0.15) is 5.78 Å². The average molecular weight is 210 g/mol. The van der Waals surface area contributed by atoms with E-state index in [0.717, 1.165) is 19.3 Å². The number of ether oxygens (including phenoxy) is 1. The lowest BCUT2D eigenvalue weighted by molar-refractivity contribution is -0.120. The fraction of sp³-hybridized carbons (Fsp3) is 0.923. The van der Waals surface area contributed by atoms with Crippen molar-refractivity contribution in [2.24, 2.45) is 11.8 Å². The number of Topliss-reactive ketones (excluding diaryl/α,β-unsaturated/α-hetero) is 1. The van der Waals surface area contributed by atoms with Gasteiger partial charge < -0.3 is 4.74 Å². The van der Waals surface area contributed by atoms with E-state index >= 15 is 0 Å². The molecule has 3 atom stereocenters. The van der Waals surface area contributed by atoms with E-state index in [1.54, 1.807) is 0 Å². The van der Waals surface area contributed by atoms with Gasteiger partial charge in [0.2, 0.25) is 0 Å². The second-order valence-corrected chi connectivity index (χ2v) is 5.12. The molecule has 0 amide bonds. The Morgan fingerprint density at radius 2 is 2.00 bits per heavy atom. The minimum Gasteiger partial charge on any atom is -0.381 e.